The molecule has 2 heterocycles. The number of thiazole rings is 1. The van der Waals surface area contributed by atoms with Crippen LogP contribution in [0.2, 0.25) is 0 Å². The molecule has 10 heteroatoms. The van der Waals surface area contributed by atoms with Crippen molar-refractivity contribution < 1.29 is 9.53 Å². The lowest BCUT2D eigenvalue weighted by Crippen LogP contribution is -2.54. The van der Waals surface area contributed by atoms with E-state index in [9.17, 15) is 4.79 Å². The minimum atomic E-state index is 0. The number of nitrogens with one attached hydrogen (secondary N) is 2. The van der Waals surface area contributed by atoms with Gasteiger partial charge in [0.2, 0.25) is 5.91 Å². The third kappa shape index (κ3) is 10.0. The Kier molecular flexibility index (Phi) is 12.9. The predicted molar refractivity (Wildman–Crippen MR) is 139 cm³/mol. The molecular weight excluding hydrogens is 527 g/mol. The van der Waals surface area contributed by atoms with Gasteiger partial charge in [0, 0.05) is 70.1 Å². The summed E-state index contributed by atoms with van der Waals surface area (Å²) in [6, 6.07) is 0. The van der Waals surface area contributed by atoms with Crippen LogP contribution in [-0.2, 0) is 21.4 Å². The predicted octanol–water partition coefficient (Wildman–Crippen LogP) is 1.95. The van der Waals surface area contributed by atoms with E-state index in [1.54, 1.807) is 18.4 Å². The van der Waals surface area contributed by atoms with Gasteiger partial charge >= 0.3 is 0 Å². The van der Waals surface area contributed by atoms with Crippen molar-refractivity contribution in [2.45, 2.75) is 39.5 Å². The summed E-state index contributed by atoms with van der Waals surface area (Å²) < 4.78 is 4.96. The molecule has 1 aliphatic heterocycles. The van der Waals surface area contributed by atoms with Crippen LogP contribution < -0.4 is 10.6 Å². The van der Waals surface area contributed by atoms with Crippen LogP contribution in [-0.4, -0.2) is 92.7 Å². The van der Waals surface area contributed by atoms with Gasteiger partial charge in [-0.25, -0.2) is 4.98 Å². The largest absolute Gasteiger partial charge is 0.383 e. The second-order valence-corrected chi connectivity index (χ2v) is 9.41. The standard InChI is InChI=1S/C21H38N6O2S.HI/c1-6-22-20(24-8-7-19-25-17(16-30-19)21(2,3)4)27-12-10-26(11-13-27)15-18(28)23-9-14-29-5;/h16H,6-15H2,1-5H3,(H,22,24)(H,23,28);1H. The summed E-state index contributed by atoms with van der Waals surface area (Å²) in [4.78, 5) is 26.0. The number of methoxy groups -OCH3 is 1. The van der Waals surface area contributed by atoms with Crippen molar-refractivity contribution >= 4 is 47.2 Å². The molecule has 0 aromatic carbocycles. The third-order valence-electron chi connectivity index (χ3n) is 4.91. The molecule has 1 amide bonds. The molecule has 1 aromatic rings. The molecule has 178 valence electrons. The van der Waals surface area contributed by atoms with E-state index in [0.717, 1.165) is 62.4 Å². The van der Waals surface area contributed by atoms with Gasteiger partial charge in [0.05, 0.1) is 23.9 Å². The summed E-state index contributed by atoms with van der Waals surface area (Å²) in [5.74, 6) is 1.01. The Morgan fingerprint density at radius 2 is 1.97 bits per heavy atom. The maximum Gasteiger partial charge on any atom is 0.234 e. The van der Waals surface area contributed by atoms with Crippen molar-refractivity contribution in [3.8, 4) is 0 Å². The summed E-state index contributed by atoms with van der Waals surface area (Å²) >= 11 is 1.72. The van der Waals surface area contributed by atoms with Gasteiger partial charge in [-0.2, -0.15) is 0 Å². The average Bonchev–Trinajstić information content (AvgIpc) is 3.18. The van der Waals surface area contributed by atoms with Crippen LogP contribution in [0.15, 0.2) is 10.4 Å². The molecule has 1 aromatic heterocycles. The lowest BCUT2D eigenvalue weighted by molar-refractivity contribution is -0.122. The van der Waals surface area contributed by atoms with Gasteiger partial charge in [0.15, 0.2) is 5.96 Å². The number of aromatic nitrogens is 1. The third-order valence-corrected chi connectivity index (χ3v) is 5.82. The van der Waals surface area contributed by atoms with Crippen molar-refractivity contribution in [1.82, 2.24) is 25.4 Å². The first-order valence-electron chi connectivity index (χ1n) is 10.8. The van der Waals surface area contributed by atoms with Gasteiger partial charge in [-0.1, -0.05) is 20.8 Å². The molecule has 0 bridgehead atoms. The van der Waals surface area contributed by atoms with Crippen LogP contribution >= 0.6 is 35.3 Å². The summed E-state index contributed by atoms with van der Waals surface area (Å²) in [5.41, 5.74) is 1.24. The number of guanidine groups is 1. The van der Waals surface area contributed by atoms with E-state index >= 15 is 0 Å². The molecule has 31 heavy (non-hydrogen) atoms. The fourth-order valence-corrected chi connectivity index (χ4v) is 4.14. The highest BCUT2D eigenvalue weighted by atomic mass is 127. The first kappa shape index (κ1) is 28.1. The molecule has 1 aliphatic rings. The number of rotatable bonds is 9. The van der Waals surface area contributed by atoms with E-state index in [-0.39, 0.29) is 35.3 Å². The molecule has 8 nitrogen and oxygen atoms in total. The van der Waals surface area contributed by atoms with Crippen LogP contribution in [0.25, 0.3) is 0 Å². The Morgan fingerprint density at radius 3 is 2.55 bits per heavy atom. The zero-order valence-corrected chi connectivity index (χ0v) is 22.7. The Bertz CT molecular complexity index is 684. The van der Waals surface area contributed by atoms with E-state index in [1.165, 1.54) is 0 Å². The van der Waals surface area contributed by atoms with E-state index in [4.69, 9.17) is 14.7 Å². The maximum absolute atomic E-state index is 12.0. The van der Waals surface area contributed by atoms with Crippen LogP contribution in [0.3, 0.4) is 0 Å². The number of hydrogen-bond acceptors (Lipinski definition) is 6. The molecule has 1 fully saturated rings. The second-order valence-electron chi connectivity index (χ2n) is 8.47. The van der Waals surface area contributed by atoms with Gasteiger partial charge in [0.1, 0.15) is 0 Å². The van der Waals surface area contributed by atoms with Crippen molar-refractivity contribution in [2.24, 2.45) is 4.99 Å². The Morgan fingerprint density at radius 1 is 1.26 bits per heavy atom. The molecule has 0 saturated carbocycles. The van der Waals surface area contributed by atoms with E-state index in [1.807, 2.05) is 0 Å². The van der Waals surface area contributed by atoms with Gasteiger partial charge < -0.3 is 20.3 Å². The molecule has 0 unspecified atom stereocenters. The lowest BCUT2D eigenvalue weighted by atomic mass is 9.93. The first-order valence-corrected chi connectivity index (χ1v) is 11.7. The summed E-state index contributed by atoms with van der Waals surface area (Å²) in [6.45, 7) is 15.2. The molecule has 2 rings (SSSR count). The van der Waals surface area contributed by atoms with Crippen molar-refractivity contribution in [3.05, 3.63) is 16.1 Å². The quantitative estimate of drug-likeness (QED) is 0.206. The van der Waals surface area contributed by atoms with Crippen molar-refractivity contribution in [3.63, 3.8) is 0 Å². The normalized spacial score (nSPS) is 15.5. The van der Waals surface area contributed by atoms with Crippen LogP contribution in [0.4, 0.5) is 0 Å². The highest BCUT2D eigenvalue weighted by molar-refractivity contribution is 14.0. The van der Waals surface area contributed by atoms with Crippen molar-refractivity contribution in [2.75, 3.05) is 66.1 Å². The minimum absolute atomic E-state index is 0. The number of ether oxygens (including phenoxy) is 1. The van der Waals surface area contributed by atoms with Gasteiger partial charge in [-0.15, -0.1) is 35.3 Å². The highest BCUT2D eigenvalue weighted by Crippen LogP contribution is 2.24. The zero-order chi connectivity index (χ0) is 22.0. The van der Waals surface area contributed by atoms with Gasteiger partial charge in [-0.05, 0) is 6.92 Å². The van der Waals surface area contributed by atoms with Crippen LogP contribution in [0.1, 0.15) is 38.4 Å². The lowest BCUT2D eigenvalue weighted by Gasteiger charge is -2.36. The Labute approximate surface area is 208 Å². The molecule has 2 N–H and O–H groups in total. The van der Waals surface area contributed by atoms with Crippen molar-refractivity contribution in [1.29, 1.82) is 0 Å². The number of hydrogen-bond donors (Lipinski definition) is 2. The number of amides is 1. The average molecular weight is 567 g/mol. The number of nitrogens with zero attached hydrogens (tertiary/aromatic N) is 4. The summed E-state index contributed by atoms with van der Waals surface area (Å²) in [5, 5.41) is 9.59. The molecule has 0 aliphatic carbocycles. The Hall–Kier alpha value is -0.980. The summed E-state index contributed by atoms with van der Waals surface area (Å²) in [7, 11) is 1.63. The zero-order valence-electron chi connectivity index (χ0n) is 19.6. The fraction of sp³-hybridized carbons (Fsp3) is 0.762. The number of halogens is 1. The number of aliphatic imine (C=N–C) groups is 1. The minimum Gasteiger partial charge on any atom is -0.383 e. The fourth-order valence-electron chi connectivity index (χ4n) is 3.12. The molecule has 0 radical (unpaired) electrons. The molecule has 0 atom stereocenters. The van der Waals surface area contributed by atoms with Gasteiger partial charge in [0.25, 0.3) is 0 Å². The number of carbonyl (C=O) groups is 1. The van der Waals surface area contributed by atoms with E-state index in [0.29, 0.717) is 19.7 Å². The molecule has 1 saturated heterocycles. The monoisotopic (exact) mass is 566 g/mol. The smallest absolute Gasteiger partial charge is 0.234 e. The SMILES string of the molecule is CCNC(=NCCc1nc(C(C)(C)C)cs1)N1CCN(CC(=O)NCCOC)CC1.I. The van der Waals surface area contributed by atoms with Crippen LogP contribution in [0, 0.1) is 0 Å². The molecule has 0 spiro atoms. The number of carbonyl (C=O) groups excluding carboxylic acids is 1. The van der Waals surface area contributed by atoms with Crippen LogP contribution in [0.5, 0.6) is 0 Å². The highest BCUT2D eigenvalue weighted by Gasteiger charge is 2.21. The maximum atomic E-state index is 12.0. The topological polar surface area (TPSA) is 82.1 Å². The number of piperazine rings is 1. The van der Waals surface area contributed by atoms with E-state index < -0.39 is 0 Å². The van der Waals surface area contributed by atoms with E-state index in [2.05, 4.69) is 53.5 Å². The second kappa shape index (κ2) is 14.2. The molecular formula is C21H39IN6O2S. The van der Waals surface area contributed by atoms with Gasteiger partial charge in [-0.3, -0.25) is 14.7 Å². The summed E-state index contributed by atoms with van der Waals surface area (Å²) in [6.07, 6.45) is 0.858. The first-order chi connectivity index (χ1) is 14.3. The Balaban J connectivity index is 0.00000480.